The van der Waals surface area contributed by atoms with Crippen LogP contribution >= 0.6 is 0 Å². The van der Waals surface area contributed by atoms with Gasteiger partial charge < -0.3 is 15.6 Å². The smallest absolute Gasteiger partial charge is 0.332 e. The molecule has 3 N–H and O–H groups in total. The number of rotatable bonds is 9. The number of anilines is 1. The first-order valence-electron chi connectivity index (χ1n) is 12.0. The molecule has 0 saturated carbocycles. The normalized spacial score (nSPS) is 15.2. The predicted octanol–water partition coefficient (Wildman–Crippen LogP) is 2.99. The molecule has 2 aromatic carbocycles. The molecule has 2 heterocycles. The van der Waals surface area contributed by atoms with Crippen LogP contribution in [0.5, 0.6) is 0 Å². The number of nitrogens with zero attached hydrogens (tertiary/aromatic N) is 5. The highest BCUT2D eigenvalue weighted by Crippen LogP contribution is 2.30. The van der Waals surface area contributed by atoms with Crippen molar-refractivity contribution in [1.29, 1.82) is 5.26 Å². The number of aryl methyl sites for hydroxylation is 1. The molecule has 4 amide bonds. The Hall–Kier alpha value is -4.30. The van der Waals surface area contributed by atoms with Crippen LogP contribution in [0.1, 0.15) is 48.4 Å². The van der Waals surface area contributed by atoms with E-state index in [1.54, 1.807) is 36.7 Å². The fraction of sp³-hybridized carbons (Fsp3) is 0.346. The third-order valence-corrected chi connectivity index (χ3v) is 6.48. The van der Waals surface area contributed by atoms with Crippen molar-refractivity contribution in [2.24, 2.45) is 12.8 Å². The van der Waals surface area contributed by atoms with Gasteiger partial charge in [0.25, 0.3) is 11.8 Å². The van der Waals surface area contributed by atoms with Crippen LogP contribution < -0.4 is 16.0 Å². The van der Waals surface area contributed by atoms with Crippen molar-refractivity contribution in [3.8, 4) is 6.07 Å². The summed E-state index contributed by atoms with van der Waals surface area (Å²) in [5.74, 6) is -0.746. The summed E-state index contributed by atoms with van der Waals surface area (Å²) < 4.78 is 15.0. The minimum atomic E-state index is -0.689. The van der Waals surface area contributed by atoms with E-state index in [4.69, 9.17) is 5.73 Å². The Morgan fingerprint density at radius 1 is 1.22 bits per heavy atom. The number of aromatic nitrogens is 2. The topological polar surface area (TPSA) is 137 Å². The molecule has 1 aromatic heterocycles. The van der Waals surface area contributed by atoms with Crippen LogP contribution in [0.3, 0.4) is 0 Å². The number of hydrogen-bond donors (Lipinski definition) is 2. The number of halogens is 1. The lowest BCUT2D eigenvalue weighted by Crippen LogP contribution is -2.36. The van der Waals surface area contributed by atoms with E-state index in [2.05, 4.69) is 16.4 Å². The highest BCUT2D eigenvalue weighted by atomic mass is 19.1. The number of carbonyl (C=O) groups is 3. The second kappa shape index (κ2) is 10.8. The number of nitrogens with one attached hydrogen (secondary N) is 1. The van der Waals surface area contributed by atoms with Gasteiger partial charge in [-0.15, -0.1) is 0 Å². The third-order valence-electron chi connectivity index (χ3n) is 6.48. The van der Waals surface area contributed by atoms with Crippen LogP contribution in [-0.2, 0) is 11.8 Å². The molecule has 1 aliphatic heterocycles. The van der Waals surface area contributed by atoms with Gasteiger partial charge in [-0.1, -0.05) is 0 Å². The number of fused-ring (bicyclic) bond motifs is 1. The zero-order chi connectivity index (χ0) is 26.7. The quantitative estimate of drug-likeness (QED) is 0.339. The number of imidazole rings is 1. The van der Waals surface area contributed by atoms with Crippen molar-refractivity contribution < 1.29 is 18.8 Å². The summed E-state index contributed by atoms with van der Waals surface area (Å²) in [6.07, 6.45) is 2.03. The number of carbonyl (C=O) groups excluding carboxylic acids is 3. The van der Waals surface area contributed by atoms with Crippen molar-refractivity contribution >= 4 is 34.6 Å². The molecule has 1 saturated heterocycles. The zero-order valence-electron chi connectivity index (χ0n) is 20.6. The van der Waals surface area contributed by atoms with Crippen LogP contribution in [-0.4, -0.2) is 51.4 Å². The molecule has 192 valence electrons. The fourth-order valence-electron chi connectivity index (χ4n) is 4.46. The average molecular weight is 506 g/mol. The summed E-state index contributed by atoms with van der Waals surface area (Å²) in [6, 6.07) is 10.6. The van der Waals surface area contributed by atoms with E-state index in [0.717, 1.165) is 17.7 Å². The number of unbranched alkanes of at least 4 members (excludes halogenated alkanes) is 1. The van der Waals surface area contributed by atoms with Crippen LogP contribution in [0, 0.1) is 17.1 Å². The summed E-state index contributed by atoms with van der Waals surface area (Å²) >= 11 is 0. The Labute approximate surface area is 213 Å². The lowest BCUT2D eigenvalue weighted by molar-refractivity contribution is -0.126. The van der Waals surface area contributed by atoms with Crippen molar-refractivity contribution in [2.45, 2.75) is 38.3 Å². The molecular formula is C26H28FN7O3. The van der Waals surface area contributed by atoms with Crippen LogP contribution in [0.15, 0.2) is 42.5 Å². The lowest BCUT2D eigenvalue weighted by Gasteiger charge is -2.23. The van der Waals surface area contributed by atoms with Gasteiger partial charge in [0.2, 0.25) is 0 Å². The Balaban J connectivity index is 1.55. The maximum Gasteiger partial charge on any atom is 0.332 e. The number of amides is 4. The van der Waals surface area contributed by atoms with E-state index in [1.165, 1.54) is 29.2 Å². The second-order valence-corrected chi connectivity index (χ2v) is 8.96. The maximum absolute atomic E-state index is 13.3. The van der Waals surface area contributed by atoms with Gasteiger partial charge in [0, 0.05) is 18.3 Å². The molecule has 0 bridgehead atoms. The zero-order valence-corrected chi connectivity index (χ0v) is 20.6. The molecule has 3 aromatic rings. The van der Waals surface area contributed by atoms with E-state index in [1.807, 2.05) is 0 Å². The van der Waals surface area contributed by atoms with Gasteiger partial charge in [0.05, 0.1) is 23.1 Å². The number of benzene rings is 2. The van der Waals surface area contributed by atoms with Gasteiger partial charge in [-0.2, -0.15) is 5.26 Å². The molecule has 0 spiro atoms. The Morgan fingerprint density at radius 3 is 2.62 bits per heavy atom. The van der Waals surface area contributed by atoms with Gasteiger partial charge in [0.15, 0.2) is 0 Å². The highest BCUT2D eigenvalue weighted by Gasteiger charge is 2.41. The molecule has 2 atom stereocenters. The minimum Gasteiger partial charge on any atom is -0.336 e. The van der Waals surface area contributed by atoms with Crippen molar-refractivity contribution in [2.75, 3.05) is 18.0 Å². The fourth-order valence-corrected chi connectivity index (χ4v) is 4.46. The standard InChI is InChI=1S/C26H28FN7O3/c1-16(34-23(35)15-33(26(34)37)20-9-7-18(27)8-10-20)24-31-21-11-6-17(13-22(21)32(24)2)25(36)30-19(14-29)5-3-4-12-28/h6-11,13,16,19H,3-5,12,15,28H2,1-2H3,(H,30,36)/t16-,19-/m0/s1. The summed E-state index contributed by atoms with van der Waals surface area (Å²) in [5, 5.41) is 12.1. The molecule has 10 nitrogen and oxygen atoms in total. The molecule has 1 fully saturated rings. The molecule has 1 aliphatic rings. The molecular weight excluding hydrogens is 477 g/mol. The summed E-state index contributed by atoms with van der Waals surface area (Å²) in [5.41, 5.74) is 7.52. The van der Waals surface area contributed by atoms with E-state index in [9.17, 15) is 24.0 Å². The first-order valence-corrected chi connectivity index (χ1v) is 12.0. The molecule has 0 unspecified atom stereocenters. The Morgan fingerprint density at radius 2 is 1.95 bits per heavy atom. The molecule has 11 heteroatoms. The average Bonchev–Trinajstić information content (AvgIpc) is 3.38. The van der Waals surface area contributed by atoms with Gasteiger partial charge in [-0.25, -0.2) is 14.2 Å². The van der Waals surface area contributed by atoms with Crippen molar-refractivity contribution in [1.82, 2.24) is 19.8 Å². The minimum absolute atomic E-state index is 0.158. The Kier molecular flexibility index (Phi) is 7.50. The summed E-state index contributed by atoms with van der Waals surface area (Å²) in [4.78, 5) is 45.8. The monoisotopic (exact) mass is 505 g/mol. The number of nitriles is 1. The molecule has 4 rings (SSSR count). The largest absolute Gasteiger partial charge is 0.336 e. The van der Waals surface area contributed by atoms with Crippen LogP contribution in [0.2, 0.25) is 0 Å². The van der Waals surface area contributed by atoms with Gasteiger partial charge in [0.1, 0.15) is 24.2 Å². The summed E-state index contributed by atoms with van der Waals surface area (Å²) in [7, 11) is 1.75. The second-order valence-electron chi connectivity index (χ2n) is 8.96. The number of imide groups is 1. The highest BCUT2D eigenvalue weighted by molar-refractivity contribution is 6.12. The van der Waals surface area contributed by atoms with E-state index >= 15 is 0 Å². The lowest BCUT2D eigenvalue weighted by atomic mass is 10.1. The van der Waals surface area contributed by atoms with E-state index in [-0.39, 0.29) is 12.5 Å². The first-order chi connectivity index (χ1) is 17.7. The third kappa shape index (κ3) is 5.15. The number of hydrogen-bond acceptors (Lipinski definition) is 6. The SMILES string of the molecule is C[C@@H](c1nc2ccc(C(=O)N[C@H](C#N)CCCCN)cc2n1C)N1C(=O)CN(c2ccc(F)cc2)C1=O. The number of nitrogens with two attached hydrogens (primary N) is 1. The molecule has 0 radical (unpaired) electrons. The van der Waals surface area contributed by atoms with E-state index < -0.39 is 29.8 Å². The molecule has 37 heavy (non-hydrogen) atoms. The van der Waals surface area contributed by atoms with Gasteiger partial charge >= 0.3 is 6.03 Å². The van der Waals surface area contributed by atoms with Crippen LogP contribution in [0.25, 0.3) is 11.0 Å². The van der Waals surface area contributed by atoms with Gasteiger partial charge in [-0.3, -0.25) is 19.4 Å². The first kappa shape index (κ1) is 25.8. The van der Waals surface area contributed by atoms with Crippen molar-refractivity contribution in [3.63, 3.8) is 0 Å². The number of urea groups is 1. The predicted molar refractivity (Wildman–Crippen MR) is 135 cm³/mol. The van der Waals surface area contributed by atoms with E-state index in [0.29, 0.717) is 41.1 Å². The maximum atomic E-state index is 13.3. The molecule has 0 aliphatic carbocycles. The van der Waals surface area contributed by atoms with Crippen molar-refractivity contribution in [3.05, 3.63) is 59.7 Å². The van der Waals surface area contributed by atoms with Gasteiger partial charge in [-0.05, 0) is 75.2 Å². The van der Waals surface area contributed by atoms with Crippen LogP contribution in [0.4, 0.5) is 14.9 Å². The Bertz CT molecular complexity index is 1380. The summed E-state index contributed by atoms with van der Waals surface area (Å²) in [6.45, 7) is 2.08.